The third-order valence-electron chi connectivity index (χ3n) is 4.11. The van der Waals surface area contributed by atoms with Gasteiger partial charge >= 0.3 is 6.09 Å². The first-order chi connectivity index (χ1) is 10.7. The first-order valence-electron chi connectivity index (χ1n) is 8.01. The highest BCUT2D eigenvalue weighted by Crippen LogP contribution is 2.17. The lowest BCUT2D eigenvalue weighted by molar-refractivity contribution is 0.0922. The average molecular weight is 306 g/mol. The monoisotopic (exact) mass is 306 g/mol. The van der Waals surface area contributed by atoms with Crippen LogP contribution in [0.3, 0.4) is 0 Å². The smallest absolute Gasteiger partial charge is 0.410 e. The Labute approximate surface area is 132 Å². The number of aliphatic hydroxyl groups is 1. The van der Waals surface area contributed by atoms with E-state index < -0.39 is 0 Å². The molecule has 1 amide bonds. The molecule has 1 aliphatic heterocycles. The van der Waals surface area contributed by atoms with Crippen LogP contribution in [0.5, 0.6) is 0 Å². The van der Waals surface area contributed by atoms with Gasteiger partial charge in [-0.15, -0.1) is 0 Å². The number of benzene rings is 1. The first kappa shape index (κ1) is 16.8. The molecule has 0 bridgehead atoms. The Morgan fingerprint density at radius 3 is 2.86 bits per heavy atom. The Bertz CT molecular complexity index is 452. The maximum absolute atomic E-state index is 12.2. The standard InChI is InChI=1S/C17H26N2O3/c1-2-19(13-16-8-9-18(12-16)10-11-20)17(21)22-14-15-6-4-3-5-7-15/h3-7,16,20H,2,8-14H2,1H3/t16-/m1/s1. The highest BCUT2D eigenvalue weighted by atomic mass is 16.6. The average Bonchev–Trinajstić information content (AvgIpc) is 2.99. The molecule has 1 fully saturated rings. The number of hydrogen-bond acceptors (Lipinski definition) is 4. The van der Waals surface area contributed by atoms with Gasteiger partial charge in [-0.05, 0) is 31.4 Å². The van der Waals surface area contributed by atoms with Crippen molar-refractivity contribution in [1.82, 2.24) is 9.80 Å². The number of carbonyl (C=O) groups excluding carboxylic acids is 1. The van der Waals surface area contributed by atoms with Gasteiger partial charge in [0.1, 0.15) is 6.61 Å². The lowest BCUT2D eigenvalue weighted by Crippen LogP contribution is -2.36. The molecule has 0 radical (unpaired) electrons. The third-order valence-corrected chi connectivity index (χ3v) is 4.11. The number of rotatable bonds is 7. The zero-order valence-corrected chi connectivity index (χ0v) is 13.3. The molecule has 22 heavy (non-hydrogen) atoms. The van der Waals surface area contributed by atoms with Gasteiger partial charge in [0.2, 0.25) is 0 Å². The van der Waals surface area contributed by atoms with E-state index in [0.29, 0.717) is 19.1 Å². The summed E-state index contributed by atoms with van der Waals surface area (Å²) in [6.45, 7) is 6.55. The third kappa shape index (κ3) is 5.00. The minimum atomic E-state index is -0.244. The summed E-state index contributed by atoms with van der Waals surface area (Å²) in [6, 6.07) is 9.73. The van der Waals surface area contributed by atoms with Gasteiger partial charge in [0.05, 0.1) is 6.61 Å². The van der Waals surface area contributed by atoms with Crippen LogP contribution in [0.1, 0.15) is 18.9 Å². The van der Waals surface area contributed by atoms with Crippen LogP contribution in [-0.4, -0.2) is 60.3 Å². The summed E-state index contributed by atoms with van der Waals surface area (Å²) in [4.78, 5) is 16.2. The SMILES string of the molecule is CCN(C[C@@H]1CCN(CCO)C1)C(=O)OCc1ccccc1. The number of β-amino-alcohol motifs (C(OH)–C–C–N with tert-alkyl or cyclic N) is 1. The van der Waals surface area contributed by atoms with Crippen molar-refractivity contribution in [3.8, 4) is 0 Å². The van der Waals surface area contributed by atoms with Crippen molar-refractivity contribution in [1.29, 1.82) is 0 Å². The molecule has 1 aromatic carbocycles. The van der Waals surface area contributed by atoms with Crippen molar-refractivity contribution in [3.63, 3.8) is 0 Å². The van der Waals surface area contributed by atoms with E-state index in [1.165, 1.54) is 0 Å². The zero-order valence-electron chi connectivity index (χ0n) is 13.3. The molecule has 2 rings (SSSR count). The predicted octanol–water partition coefficient (Wildman–Crippen LogP) is 1.96. The zero-order chi connectivity index (χ0) is 15.8. The summed E-state index contributed by atoms with van der Waals surface area (Å²) >= 11 is 0. The molecule has 5 nitrogen and oxygen atoms in total. The van der Waals surface area contributed by atoms with E-state index in [-0.39, 0.29) is 12.7 Å². The Morgan fingerprint density at radius 2 is 2.18 bits per heavy atom. The molecule has 0 unspecified atom stereocenters. The van der Waals surface area contributed by atoms with Gasteiger partial charge in [0.15, 0.2) is 0 Å². The number of hydrogen-bond donors (Lipinski definition) is 1. The van der Waals surface area contributed by atoms with Gasteiger partial charge in [0, 0.05) is 26.2 Å². The first-order valence-corrected chi connectivity index (χ1v) is 8.01. The topological polar surface area (TPSA) is 53.0 Å². The lowest BCUT2D eigenvalue weighted by Gasteiger charge is -2.24. The van der Waals surface area contributed by atoms with Crippen LogP contribution in [0, 0.1) is 5.92 Å². The summed E-state index contributed by atoms with van der Waals surface area (Å²) in [6.07, 6.45) is 0.828. The van der Waals surface area contributed by atoms with Crippen molar-refractivity contribution in [3.05, 3.63) is 35.9 Å². The molecule has 0 aromatic heterocycles. The molecule has 1 aromatic rings. The second-order valence-electron chi connectivity index (χ2n) is 5.76. The van der Waals surface area contributed by atoms with Gasteiger partial charge in [-0.1, -0.05) is 30.3 Å². The minimum absolute atomic E-state index is 0.198. The second kappa shape index (κ2) is 8.76. The number of aliphatic hydroxyl groups excluding tert-OH is 1. The Kier molecular flexibility index (Phi) is 6.68. The normalized spacial score (nSPS) is 18.4. The van der Waals surface area contributed by atoms with Crippen LogP contribution in [0.2, 0.25) is 0 Å². The van der Waals surface area contributed by atoms with Gasteiger partial charge in [-0.25, -0.2) is 4.79 Å². The van der Waals surface area contributed by atoms with Crippen molar-refractivity contribution >= 4 is 6.09 Å². The van der Waals surface area contributed by atoms with Crippen LogP contribution in [0.4, 0.5) is 4.79 Å². The van der Waals surface area contributed by atoms with E-state index in [4.69, 9.17) is 9.84 Å². The maximum Gasteiger partial charge on any atom is 0.410 e. The highest BCUT2D eigenvalue weighted by molar-refractivity contribution is 5.67. The fraction of sp³-hybridized carbons (Fsp3) is 0.588. The Morgan fingerprint density at radius 1 is 1.41 bits per heavy atom. The van der Waals surface area contributed by atoms with Crippen LogP contribution in [-0.2, 0) is 11.3 Å². The fourth-order valence-corrected chi connectivity index (χ4v) is 2.86. The maximum atomic E-state index is 12.2. The van der Waals surface area contributed by atoms with Crippen LogP contribution in [0.15, 0.2) is 30.3 Å². The van der Waals surface area contributed by atoms with Crippen molar-refractivity contribution < 1.29 is 14.6 Å². The Balaban J connectivity index is 1.77. The van der Waals surface area contributed by atoms with Gasteiger partial charge in [-0.2, -0.15) is 0 Å². The molecule has 5 heteroatoms. The number of nitrogens with zero attached hydrogens (tertiary/aromatic N) is 2. The summed E-state index contributed by atoms with van der Waals surface area (Å²) in [5.74, 6) is 0.468. The molecular formula is C17H26N2O3. The summed E-state index contributed by atoms with van der Waals surface area (Å²) < 4.78 is 5.40. The van der Waals surface area contributed by atoms with E-state index in [1.54, 1.807) is 4.90 Å². The minimum Gasteiger partial charge on any atom is -0.445 e. The molecular weight excluding hydrogens is 280 g/mol. The molecule has 0 spiro atoms. The van der Waals surface area contributed by atoms with E-state index >= 15 is 0 Å². The molecule has 1 N–H and O–H groups in total. The molecule has 1 saturated heterocycles. The summed E-state index contributed by atoms with van der Waals surface area (Å²) in [7, 11) is 0. The van der Waals surface area contributed by atoms with Crippen LogP contribution >= 0.6 is 0 Å². The molecule has 122 valence electrons. The van der Waals surface area contributed by atoms with E-state index in [9.17, 15) is 4.79 Å². The quantitative estimate of drug-likeness (QED) is 0.837. The number of likely N-dealkylation sites (tertiary alicyclic amines) is 1. The molecule has 0 aliphatic carbocycles. The second-order valence-corrected chi connectivity index (χ2v) is 5.76. The predicted molar refractivity (Wildman–Crippen MR) is 85.5 cm³/mol. The van der Waals surface area contributed by atoms with Gasteiger partial charge in [-0.3, -0.25) is 0 Å². The molecule has 1 heterocycles. The van der Waals surface area contributed by atoms with Crippen molar-refractivity contribution in [2.24, 2.45) is 5.92 Å². The van der Waals surface area contributed by atoms with Gasteiger partial charge in [0.25, 0.3) is 0 Å². The molecule has 1 aliphatic rings. The highest BCUT2D eigenvalue weighted by Gasteiger charge is 2.25. The van der Waals surface area contributed by atoms with Gasteiger partial charge < -0.3 is 19.6 Å². The lowest BCUT2D eigenvalue weighted by atomic mass is 10.1. The van der Waals surface area contributed by atoms with Crippen LogP contribution in [0.25, 0.3) is 0 Å². The van der Waals surface area contributed by atoms with Crippen LogP contribution < -0.4 is 0 Å². The molecule has 0 saturated carbocycles. The largest absolute Gasteiger partial charge is 0.445 e. The van der Waals surface area contributed by atoms with E-state index in [2.05, 4.69) is 4.90 Å². The number of amides is 1. The fourth-order valence-electron chi connectivity index (χ4n) is 2.86. The Hall–Kier alpha value is -1.59. The van der Waals surface area contributed by atoms with Crippen molar-refractivity contribution in [2.75, 3.05) is 39.3 Å². The number of ether oxygens (including phenoxy) is 1. The summed E-state index contributed by atoms with van der Waals surface area (Å²) in [5, 5.41) is 8.98. The van der Waals surface area contributed by atoms with Crippen molar-refractivity contribution in [2.45, 2.75) is 20.0 Å². The molecule has 1 atom stereocenters. The number of carbonyl (C=O) groups is 1. The van der Waals surface area contributed by atoms with E-state index in [0.717, 1.165) is 38.2 Å². The summed E-state index contributed by atoms with van der Waals surface area (Å²) in [5.41, 5.74) is 1.00. The van der Waals surface area contributed by atoms with E-state index in [1.807, 2.05) is 37.3 Å².